The minimum Gasteiger partial charge on any atom is -0.369 e. The summed E-state index contributed by atoms with van der Waals surface area (Å²) in [5.74, 6) is -1.08. The molecule has 1 aliphatic rings. The average Bonchev–Trinajstić information content (AvgIpc) is 2.26. The van der Waals surface area contributed by atoms with Crippen molar-refractivity contribution in [2.24, 2.45) is 5.41 Å². The van der Waals surface area contributed by atoms with Crippen molar-refractivity contribution in [3.05, 3.63) is 17.0 Å². The summed E-state index contributed by atoms with van der Waals surface area (Å²) < 4.78 is 37.7. The largest absolute Gasteiger partial charge is 0.451 e. The summed E-state index contributed by atoms with van der Waals surface area (Å²) in [7, 11) is 0. The average molecular weight is 294 g/mol. The van der Waals surface area contributed by atoms with Crippen molar-refractivity contribution < 1.29 is 13.2 Å². The monoisotopic (exact) mass is 293 g/mol. The summed E-state index contributed by atoms with van der Waals surface area (Å²) in [6, 6.07) is 1.32. The van der Waals surface area contributed by atoms with Crippen LogP contribution in [0.25, 0.3) is 0 Å². The molecule has 0 saturated heterocycles. The predicted molar refractivity (Wildman–Crippen MR) is 67.1 cm³/mol. The van der Waals surface area contributed by atoms with Crippen LogP contribution in [-0.2, 0) is 6.18 Å². The van der Waals surface area contributed by atoms with Crippen molar-refractivity contribution in [2.45, 2.75) is 38.8 Å². The first-order valence-corrected chi connectivity index (χ1v) is 6.58. The van der Waals surface area contributed by atoms with Gasteiger partial charge in [0.2, 0.25) is 5.82 Å². The highest BCUT2D eigenvalue weighted by atomic mass is 35.5. The van der Waals surface area contributed by atoms with Gasteiger partial charge in [-0.05, 0) is 24.7 Å². The molecule has 7 heteroatoms. The fraction of sp³-hybridized carbons (Fsp3) is 0.667. The Balaban J connectivity index is 2.10. The first-order valence-electron chi connectivity index (χ1n) is 6.20. The van der Waals surface area contributed by atoms with E-state index in [2.05, 4.69) is 22.2 Å². The maximum absolute atomic E-state index is 12.6. The summed E-state index contributed by atoms with van der Waals surface area (Å²) in [5.41, 5.74) is 0.190. The lowest BCUT2D eigenvalue weighted by Crippen LogP contribution is -2.36. The van der Waals surface area contributed by atoms with Gasteiger partial charge in [0, 0.05) is 12.6 Å². The third kappa shape index (κ3) is 3.29. The van der Waals surface area contributed by atoms with Gasteiger partial charge in [0.15, 0.2) is 0 Å². The van der Waals surface area contributed by atoms with Crippen molar-refractivity contribution in [3.63, 3.8) is 0 Å². The molecule has 1 saturated carbocycles. The molecule has 2 rings (SSSR count). The Bertz CT molecular complexity index is 453. The normalized spacial score (nSPS) is 17.9. The van der Waals surface area contributed by atoms with Crippen LogP contribution in [0.3, 0.4) is 0 Å². The Kier molecular flexibility index (Phi) is 3.90. The van der Waals surface area contributed by atoms with Gasteiger partial charge in [0.05, 0.1) is 0 Å². The zero-order valence-electron chi connectivity index (χ0n) is 10.5. The highest BCUT2D eigenvalue weighted by molar-refractivity contribution is 6.29. The first kappa shape index (κ1) is 14.4. The molecule has 0 atom stereocenters. The molecule has 1 fully saturated rings. The lowest BCUT2D eigenvalue weighted by atomic mass is 9.67. The van der Waals surface area contributed by atoms with Gasteiger partial charge >= 0.3 is 6.18 Å². The quantitative estimate of drug-likeness (QED) is 0.848. The fourth-order valence-electron chi connectivity index (χ4n) is 2.25. The van der Waals surface area contributed by atoms with E-state index in [9.17, 15) is 13.2 Å². The van der Waals surface area contributed by atoms with Crippen molar-refractivity contribution in [2.75, 3.05) is 11.9 Å². The van der Waals surface area contributed by atoms with Crippen LogP contribution in [0.2, 0.25) is 5.15 Å². The maximum Gasteiger partial charge on any atom is 0.451 e. The number of aromatic nitrogens is 2. The summed E-state index contributed by atoms with van der Waals surface area (Å²) in [6.07, 6.45) is -0.206. The number of alkyl halides is 3. The van der Waals surface area contributed by atoms with Gasteiger partial charge in [-0.25, -0.2) is 9.97 Å². The van der Waals surface area contributed by atoms with Crippen molar-refractivity contribution in [1.29, 1.82) is 0 Å². The van der Waals surface area contributed by atoms with Crippen LogP contribution in [0.1, 0.15) is 38.4 Å². The molecule has 0 radical (unpaired) electrons. The van der Waals surface area contributed by atoms with Crippen molar-refractivity contribution in [1.82, 2.24) is 9.97 Å². The summed E-state index contributed by atoms with van der Waals surface area (Å²) >= 11 is 5.60. The van der Waals surface area contributed by atoms with E-state index >= 15 is 0 Å². The van der Waals surface area contributed by atoms with E-state index in [1.54, 1.807) is 0 Å². The number of nitrogens with zero attached hydrogens (tertiary/aromatic N) is 2. The molecular formula is C12H15ClF3N3. The van der Waals surface area contributed by atoms with Crippen LogP contribution >= 0.6 is 11.6 Å². The number of hydrogen-bond donors (Lipinski definition) is 1. The molecule has 0 spiro atoms. The van der Waals surface area contributed by atoms with Gasteiger partial charge in [0.25, 0.3) is 0 Å². The van der Waals surface area contributed by atoms with Gasteiger partial charge in [-0.3, -0.25) is 0 Å². The van der Waals surface area contributed by atoms with E-state index in [0.29, 0.717) is 6.54 Å². The van der Waals surface area contributed by atoms with Gasteiger partial charge < -0.3 is 5.32 Å². The van der Waals surface area contributed by atoms with Crippen molar-refractivity contribution >= 4 is 17.4 Å². The van der Waals surface area contributed by atoms with Crippen LogP contribution in [0.15, 0.2) is 6.07 Å². The van der Waals surface area contributed by atoms with Crippen LogP contribution < -0.4 is 5.32 Å². The molecular weight excluding hydrogens is 279 g/mol. The van der Waals surface area contributed by atoms with Crippen LogP contribution in [0.5, 0.6) is 0 Å². The number of anilines is 1. The third-order valence-corrected chi connectivity index (χ3v) is 3.95. The Morgan fingerprint density at radius 2 is 2.05 bits per heavy atom. The standard InChI is InChI=1S/C12H15ClF3N3/c1-2-11(4-3-5-11)7-17-9-6-8(13)18-10(19-9)12(14,15)16/h6H,2-5,7H2,1H3,(H,17,18,19). The molecule has 0 aliphatic heterocycles. The van der Waals surface area contributed by atoms with Crippen LogP contribution in [-0.4, -0.2) is 16.5 Å². The maximum atomic E-state index is 12.6. The van der Waals surface area contributed by atoms with Crippen molar-refractivity contribution in [3.8, 4) is 0 Å². The smallest absolute Gasteiger partial charge is 0.369 e. The zero-order chi connectivity index (χ0) is 14.1. The van der Waals surface area contributed by atoms with Gasteiger partial charge in [0.1, 0.15) is 11.0 Å². The summed E-state index contributed by atoms with van der Waals surface area (Å²) in [4.78, 5) is 6.66. The van der Waals surface area contributed by atoms with Gasteiger partial charge in [-0.1, -0.05) is 24.9 Å². The SMILES string of the molecule is CCC1(CNc2cc(Cl)nc(C(F)(F)F)n2)CCC1. The molecule has 1 N–H and O–H groups in total. The first-order chi connectivity index (χ1) is 8.85. The van der Waals surface area contributed by atoms with Gasteiger partial charge in [-0.15, -0.1) is 0 Å². The molecule has 0 unspecified atom stereocenters. The lowest BCUT2D eigenvalue weighted by Gasteiger charge is -2.41. The molecule has 19 heavy (non-hydrogen) atoms. The molecule has 3 nitrogen and oxygen atoms in total. The molecule has 1 aromatic rings. The Morgan fingerprint density at radius 3 is 2.53 bits per heavy atom. The lowest BCUT2D eigenvalue weighted by molar-refractivity contribution is -0.144. The molecule has 1 aromatic heterocycles. The molecule has 0 bridgehead atoms. The molecule has 106 valence electrons. The number of hydrogen-bond acceptors (Lipinski definition) is 3. The minimum absolute atomic E-state index is 0.132. The molecule has 0 amide bonds. The van der Waals surface area contributed by atoms with E-state index in [1.807, 2.05) is 0 Å². The number of rotatable bonds is 4. The second kappa shape index (κ2) is 5.15. The molecule has 1 heterocycles. The van der Waals surface area contributed by atoms with E-state index in [0.717, 1.165) is 19.3 Å². The molecule has 0 aromatic carbocycles. The second-order valence-corrected chi connectivity index (χ2v) is 5.35. The summed E-state index contributed by atoms with van der Waals surface area (Å²) in [5, 5.41) is 2.75. The van der Waals surface area contributed by atoms with E-state index in [4.69, 9.17) is 11.6 Å². The van der Waals surface area contributed by atoms with Crippen LogP contribution in [0, 0.1) is 5.41 Å². The minimum atomic E-state index is -4.58. The molecule has 1 aliphatic carbocycles. The fourth-order valence-corrected chi connectivity index (χ4v) is 2.43. The Hall–Kier alpha value is -1.04. The topological polar surface area (TPSA) is 37.8 Å². The third-order valence-electron chi connectivity index (χ3n) is 3.76. The highest BCUT2D eigenvalue weighted by Crippen LogP contribution is 2.43. The number of nitrogens with one attached hydrogen (secondary N) is 1. The second-order valence-electron chi connectivity index (χ2n) is 4.96. The van der Waals surface area contributed by atoms with E-state index in [1.165, 1.54) is 12.5 Å². The van der Waals surface area contributed by atoms with E-state index < -0.39 is 12.0 Å². The van der Waals surface area contributed by atoms with Crippen LogP contribution in [0.4, 0.5) is 19.0 Å². The number of halogens is 4. The van der Waals surface area contributed by atoms with Gasteiger partial charge in [-0.2, -0.15) is 13.2 Å². The Labute approximate surface area is 114 Å². The zero-order valence-corrected chi connectivity index (χ0v) is 11.3. The predicted octanol–water partition coefficient (Wildman–Crippen LogP) is 4.14. The highest BCUT2D eigenvalue weighted by Gasteiger charge is 2.37. The Morgan fingerprint density at radius 1 is 1.37 bits per heavy atom. The summed E-state index contributed by atoms with van der Waals surface area (Å²) in [6.45, 7) is 2.71. The van der Waals surface area contributed by atoms with E-state index in [-0.39, 0.29) is 16.4 Å².